The van der Waals surface area contributed by atoms with Crippen molar-refractivity contribution in [1.29, 1.82) is 0 Å². The zero-order valence-corrected chi connectivity index (χ0v) is 21.1. The molecule has 32 heavy (non-hydrogen) atoms. The van der Waals surface area contributed by atoms with Crippen molar-refractivity contribution in [2.45, 2.75) is 66.0 Å². The molecule has 0 radical (unpaired) electrons. The minimum atomic E-state index is -0.585. The van der Waals surface area contributed by atoms with Crippen LogP contribution in [0.5, 0.6) is 0 Å². The van der Waals surface area contributed by atoms with Gasteiger partial charge in [-0.2, -0.15) is 0 Å². The molecule has 1 saturated heterocycles. The number of ether oxygens (including phenoxy) is 1. The fraction of sp³-hybridized carbons (Fsp3) is 0.667. The van der Waals surface area contributed by atoms with Crippen LogP contribution in [0.25, 0.3) is 11.2 Å². The Kier molecular flexibility index (Phi) is 9.23. The number of carbonyl (C=O) groups excluding carboxylic acids is 2. The smallest absolute Gasteiger partial charge is 0.408 e. The van der Waals surface area contributed by atoms with Crippen molar-refractivity contribution >= 4 is 44.9 Å². The second-order valence-electron chi connectivity index (χ2n) is 8.43. The number of nitrogens with one attached hydrogen (secondary N) is 1. The summed E-state index contributed by atoms with van der Waals surface area (Å²) in [6, 6.07) is 0. The first kappa shape index (κ1) is 25.8. The number of aryl methyl sites for hydroxylation is 1. The number of piperidine rings is 1. The highest BCUT2D eigenvalue weighted by Gasteiger charge is 2.24. The number of aromatic nitrogens is 4. The highest BCUT2D eigenvalue weighted by Crippen LogP contribution is 2.25. The van der Waals surface area contributed by atoms with Crippen molar-refractivity contribution in [3.8, 4) is 0 Å². The molecule has 0 aromatic carbocycles. The van der Waals surface area contributed by atoms with Crippen molar-refractivity contribution < 1.29 is 14.3 Å². The standard InChI is InChI=1S/C19H28BrN7O3.C2H6/c1-19(2,3)30-18(29)22-10-13(28)26-7-4-12(5-8-26)6-9-27-16-14(25-17(27)20)15(21)23-11-24-16;1-2/h11-12H,4-10H2,1-3H3,(H,22,29)(H2,21,23,24);1-2H3. The molecule has 3 heterocycles. The van der Waals surface area contributed by atoms with Gasteiger partial charge in [0.2, 0.25) is 5.91 Å². The zero-order valence-electron chi connectivity index (χ0n) is 19.5. The number of imidazole rings is 1. The van der Waals surface area contributed by atoms with Crippen molar-refractivity contribution in [2.75, 3.05) is 25.4 Å². The Balaban J connectivity index is 0.00000176. The summed E-state index contributed by atoms with van der Waals surface area (Å²) in [6.45, 7) is 11.4. The minimum Gasteiger partial charge on any atom is -0.444 e. The topological polar surface area (TPSA) is 128 Å². The lowest BCUT2D eigenvalue weighted by Gasteiger charge is -2.32. The van der Waals surface area contributed by atoms with E-state index < -0.39 is 11.7 Å². The van der Waals surface area contributed by atoms with Gasteiger partial charge in [0.15, 0.2) is 21.7 Å². The summed E-state index contributed by atoms with van der Waals surface area (Å²) < 4.78 is 7.84. The van der Waals surface area contributed by atoms with Crippen LogP contribution in [0.4, 0.5) is 10.6 Å². The van der Waals surface area contributed by atoms with Crippen molar-refractivity contribution in [3.63, 3.8) is 0 Å². The normalized spacial score (nSPS) is 14.6. The van der Waals surface area contributed by atoms with E-state index in [1.54, 1.807) is 25.7 Å². The fourth-order valence-corrected chi connectivity index (χ4v) is 4.00. The van der Waals surface area contributed by atoms with E-state index in [2.05, 4.69) is 36.2 Å². The van der Waals surface area contributed by atoms with Gasteiger partial charge < -0.3 is 25.3 Å². The Labute approximate surface area is 197 Å². The SMILES string of the molecule is CC.CC(C)(C)OC(=O)NCC(=O)N1CCC(CCn2c(Br)nc3c(N)ncnc32)CC1. The third kappa shape index (κ3) is 7.04. The number of alkyl carbamates (subject to hydrolysis) is 1. The first-order valence-corrected chi connectivity index (χ1v) is 11.8. The molecule has 3 rings (SSSR count). The molecule has 0 unspecified atom stereocenters. The van der Waals surface area contributed by atoms with Gasteiger partial charge in [0.25, 0.3) is 0 Å². The summed E-state index contributed by atoms with van der Waals surface area (Å²) in [6.07, 6.45) is 3.65. The molecule has 0 atom stereocenters. The number of amides is 2. The summed E-state index contributed by atoms with van der Waals surface area (Å²) in [5, 5.41) is 2.53. The molecule has 11 heteroatoms. The van der Waals surface area contributed by atoms with E-state index in [0.29, 0.717) is 35.1 Å². The van der Waals surface area contributed by atoms with Crippen LogP contribution in [0.2, 0.25) is 0 Å². The van der Waals surface area contributed by atoms with Crippen LogP contribution in [0.1, 0.15) is 53.9 Å². The average molecular weight is 512 g/mol. The van der Waals surface area contributed by atoms with Gasteiger partial charge in [-0.1, -0.05) is 13.8 Å². The van der Waals surface area contributed by atoms with Crippen molar-refractivity contribution in [3.05, 3.63) is 11.1 Å². The number of nitrogen functional groups attached to an aromatic ring is 1. The molecule has 1 aliphatic heterocycles. The molecule has 1 fully saturated rings. The Hall–Kier alpha value is -2.43. The summed E-state index contributed by atoms with van der Waals surface area (Å²) in [5.41, 5.74) is 6.61. The van der Waals surface area contributed by atoms with Gasteiger partial charge in [0.1, 0.15) is 18.5 Å². The zero-order chi connectivity index (χ0) is 23.9. The Morgan fingerprint density at radius 3 is 2.53 bits per heavy atom. The number of hydrogen-bond acceptors (Lipinski definition) is 7. The van der Waals surface area contributed by atoms with Crippen LogP contribution in [-0.2, 0) is 16.1 Å². The van der Waals surface area contributed by atoms with Gasteiger partial charge in [0, 0.05) is 19.6 Å². The van der Waals surface area contributed by atoms with Crippen molar-refractivity contribution in [1.82, 2.24) is 29.7 Å². The quantitative estimate of drug-likeness (QED) is 0.588. The second-order valence-corrected chi connectivity index (χ2v) is 9.14. The van der Waals surface area contributed by atoms with Crippen LogP contribution >= 0.6 is 15.9 Å². The van der Waals surface area contributed by atoms with Gasteiger partial charge in [-0.25, -0.2) is 19.7 Å². The fourth-order valence-electron chi connectivity index (χ4n) is 3.48. The highest BCUT2D eigenvalue weighted by molar-refractivity contribution is 9.10. The molecular weight excluding hydrogens is 478 g/mol. The maximum absolute atomic E-state index is 12.4. The van der Waals surface area contributed by atoms with E-state index in [1.807, 2.05) is 18.4 Å². The summed E-state index contributed by atoms with van der Waals surface area (Å²) in [4.78, 5) is 38.5. The van der Waals surface area contributed by atoms with Gasteiger partial charge >= 0.3 is 6.09 Å². The summed E-state index contributed by atoms with van der Waals surface area (Å²) >= 11 is 3.48. The molecule has 2 amide bonds. The Bertz CT molecular complexity index is 918. The third-order valence-corrected chi connectivity index (χ3v) is 5.63. The number of hydrogen-bond donors (Lipinski definition) is 2. The first-order valence-electron chi connectivity index (χ1n) is 11.0. The van der Waals surface area contributed by atoms with Crippen LogP contribution in [0.3, 0.4) is 0 Å². The predicted molar refractivity (Wildman–Crippen MR) is 127 cm³/mol. The van der Waals surface area contributed by atoms with Crippen LogP contribution in [0.15, 0.2) is 11.1 Å². The van der Waals surface area contributed by atoms with E-state index in [1.165, 1.54) is 6.33 Å². The number of halogens is 1. The Morgan fingerprint density at radius 2 is 1.91 bits per heavy atom. The van der Waals surface area contributed by atoms with Gasteiger partial charge in [-0.3, -0.25) is 4.79 Å². The lowest BCUT2D eigenvalue weighted by molar-refractivity contribution is -0.131. The molecule has 0 saturated carbocycles. The van der Waals surface area contributed by atoms with E-state index in [9.17, 15) is 9.59 Å². The predicted octanol–water partition coefficient (Wildman–Crippen LogP) is 3.35. The maximum atomic E-state index is 12.4. The number of nitrogens with zero attached hydrogens (tertiary/aromatic N) is 5. The molecule has 0 bridgehead atoms. The van der Waals surface area contributed by atoms with Crippen LogP contribution < -0.4 is 11.1 Å². The monoisotopic (exact) mass is 511 g/mol. The lowest BCUT2D eigenvalue weighted by Crippen LogP contribution is -2.45. The van der Waals surface area contributed by atoms with E-state index in [4.69, 9.17) is 10.5 Å². The van der Waals surface area contributed by atoms with Crippen LogP contribution in [0, 0.1) is 5.92 Å². The number of likely N-dealkylation sites (tertiary alicyclic amines) is 1. The number of nitrogens with two attached hydrogens (primary N) is 1. The largest absolute Gasteiger partial charge is 0.444 e. The molecular formula is C21H34BrN7O3. The molecule has 178 valence electrons. The molecule has 3 N–H and O–H groups in total. The highest BCUT2D eigenvalue weighted by atomic mass is 79.9. The minimum absolute atomic E-state index is 0.0469. The maximum Gasteiger partial charge on any atom is 0.408 e. The number of rotatable bonds is 5. The van der Waals surface area contributed by atoms with Gasteiger partial charge in [-0.05, 0) is 61.9 Å². The molecule has 2 aromatic rings. The van der Waals surface area contributed by atoms with Gasteiger partial charge in [-0.15, -0.1) is 0 Å². The van der Waals surface area contributed by atoms with Crippen molar-refractivity contribution in [2.24, 2.45) is 5.92 Å². The third-order valence-electron chi connectivity index (χ3n) is 5.02. The van der Waals surface area contributed by atoms with E-state index in [-0.39, 0.29) is 12.5 Å². The van der Waals surface area contributed by atoms with E-state index >= 15 is 0 Å². The summed E-state index contributed by atoms with van der Waals surface area (Å²) in [7, 11) is 0. The Morgan fingerprint density at radius 1 is 1.25 bits per heavy atom. The molecule has 1 aliphatic rings. The molecule has 10 nitrogen and oxygen atoms in total. The molecule has 0 spiro atoms. The lowest BCUT2D eigenvalue weighted by atomic mass is 9.93. The molecule has 0 aliphatic carbocycles. The number of carbonyl (C=O) groups is 2. The number of fused-ring (bicyclic) bond motifs is 1. The number of anilines is 1. The first-order chi connectivity index (χ1) is 15.1. The second kappa shape index (κ2) is 11.4. The average Bonchev–Trinajstić information content (AvgIpc) is 3.07. The van der Waals surface area contributed by atoms with Gasteiger partial charge in [0.05, 0.1) is 0 Å². The van der Waals surface area contributed by atoms with E-state index in [0.717, 1.165) is 31.5 Å². The van der Waals surface area contributed by atoms with Crippen LogP contribution in [-0.4, -0.2) is 61.7 Å². The summed E-state index contributed by atoms with van der Waals surface area (Å²) in [5.74, 6) is 0.775. The molecule has 2 aromatic heterocycles.